The van der Waals surface area contributed by atoms with Gasteiger partial charge in [0.15, 0.2) is 0 Å². The van der Waals surface area contributed by atoms with Gasteiger partial charge in [-0.3, -0.25) is 96.3 Å². The van der Waals surface area contributed by atoms with Gasteiger partial charge in [-0.2, -0.15) is 0 Å². The molecule has 4 aliphatic heterocycles. The molecule has 1 aromatic carbocycles. The van der Waals surface area contributed by atoms with Crippen molar-refractivity contribution in [1.82, 2.24) is 71.9 Å². The van der Waals surface area contributed by atoms with Crippen molar-refractivity contribution in [2.45, 2.75) is 171 Å². The minimum absolute atomic E-state index is 0.0280. The highest BCUT2D eigenvalue weighted by atomic mass is 33.1. The van der Waals surface area contributed by atoms with Gasteiger partial charge in [-0.25, -0.2) is 0 Å². The predicted molar refractivity (Wildman–Crippen MR) is 379 cm³/mol. The molecule has 37 nitrogen and oxygen atoms in total. The van der Waals surface area contributed by atoms with Gasteiger partial charge in [0.2, 0.25) is 70.9 Å². The van der Waals surface area contributed by atoms with Gasteiger partial charge in [-0.1, -0.05) is 71.7 Å². The molecule has 4 aliphatic rings. The van der Waals surface area contributed by atoms with Crippen LogP contribution in [0.4, 0.5) is 0 Å². The maximum Gasteiger partial charge on any atom is 0.317 e. The van der Waals surface area contributed by atoms with E-state index in [1.54, 1.807) is 49.9 Å². The highest BCUT2D eigenvalue weighted by Gasteiger charge is 2.45. The largest absolute Gasteiger partial charge is 0.481 e. The van der Waals surface area contributed by atoms with E-state index in [1.165, 1.54) is 16.7 Å². The number of nitrogens with two attached hydrogens (primary N) is 2. The SMILES string of the molecule is CCCCCC(=O)N[C@H]1CSSC[C@@H](C(=O)N[C@@H](CC(=O)O)C(=O)N[C@@H](CCCCNC(=O)CN2CCN(CC(=O)O)CCN(CC(=O)O)CCN(CC(=O)O)CC2)C(N)=O)NC(=O)[C@H](Cc2ccccc2)NC(=O)[C@H](CCC(N)=O)NC(=O)[C@H]([C@@H](C)O)NC(=O)[C@@H]2CCCN2C(=O)[C@@H]2CCCN2C1=O. The Morgan fingerprint density at radius 1 is 0.571 bits per heavy atom. The summed E-state index contributed by atoms with van der Waals surface area (Å²) in [4.78, 5) is 225. The van der Waals surface area contributed by atoms with Gasteiger partial charge < -0.3 is 89.3 Å². The van der Waals surface area contributed by atoms with Crippen molar-refractivity contribution in [2.75, 3.05) is 110 Å². The number of nitrogens with one attached hydrogen (secondary N) is 8. The first-order valence-electron chi connectivity index (χ1n) is 35.2. The molecule has 1 aromatic rings. The maximum atomic E-state index is 14.9. The number of hydrogen-bond acceptors (Lipinski definition) is 23. The van der Waals surface area contributed by atoms with E-state index in [0.29, 0.717) is 31.2 Å². The molecular formula is C66H102N16O21S2. The lowest BCUT2D eigenvalue weighted by Gasteiger charge is -2.33. The van der Waals surface area contributed by atoms with Crippen molar-refractivity contribution in [3.63, 3.8) is 0 Å². The second-order valence-corrected chi connectivity index (χ2v) is 28.9. The van der Waals surface area contributed by atoms with Gasteiger partial charge >= 0.3 is 23.9 Å². The van der Waals surface area contributed by atoms with Crippen LogP contribution < -0.4 is 54.0 Å². The first-order valence-corrected chi connectivity index (χ1v) is 37.7. The summed E-state index contributed by atoms with van der Waals surface area (Å²) < 4.78 is 0. The monoisotopic (exact) mass is 1520 g/mol. The first-order chi connectivity index (χ1) is 49.9. The number of carboxylic acid groups (broad SMARTS) is 4. The van der Waals surface area contributed by atoms with Gasteiger partial charge in [-0.05, 0) is 70.3 Å². The molecule has 0 spiro atoms. The topological polar surface area (TPSA) is 542 Å². The van der Waals surface area contributed by atoms with Crippen LogP contribution in [0, 0.1) is 0 Å². The minimum atomic E-state index is -1.98. The van der Waals surface area contributed by atoms with Crippen LogP contribution in [0.15, 0.2) is 30.3 Å². The van der Waals surface area contributed by atoms with E-state index in [9.17, 15) is 102 Å². The summed E-state index contributed by atoms with van der Waals surface area (Å²) in [5, 5.41) is 70.2. The molecule has 4 fully saturated rings. The molecule has 0 aliphatic carbocycles. The third kappa shape index (κ3) is 30.7. The van der Waals surface area contributed by atoms with Crippen molar-refractivity contribution >= 4 is 116 Å². The molecule has 4 saturated heterocycles. The average Bonchev–Trinajstić information content (AvgIpc) is 1.68. The van der Waals surface area contributed by atoms with Crippen LogP contribution in [0.3, 0.4) is 0 Å². The Balaban J connectivity index is 1.40. The molecule has 0 aromatic heterocycles. The Bertz CT molecular complexity index is 3170. The van der Waals surface area contributed by atoms with Crippen LogP contribution in [0.1, 0.15) is 109 Å². The van der Waals surface area contributed by atoms with Gasteiger partial charge in [0, 0.05) is 103 Å². The highest BCUT2D eigenvalue weighted by Crippen LogP contribution is 2.29. The Morgan fingerprint density at radius 3 is 1.66 bits per heavy atom. The normalized spacial score (nSPS) is 23.2. The fraction of sp³-hybridized carbons (Fsp3) is 0.667. The van der Waals surface area contributed by atoms with E-state index in [4.69, 9.17) is 11.5 Å². The summed E-state index contributed by atoms with van der Waals surface area (Å²) in [6.07, 6.45) is -0.831. The number of primary amides is 2. The summed E-state index contributed by atoms with van der Waals surface area (Å²) in [5.74, 6) is -16.2. The van der Waals surface area contributed by atoms with Crippen molar-refractivity contribution < 1.29 is 102 Å². The van der Waals surface area contributed by atoms with Crippen LogP contribution >= 0.6 is 21.6 Å². The number of aliphatic hydroxyl groups excluding tert-OH is 1. The Hall–Kier alpha value is -8.76. The van der Waals surface area contributed by atoms with E-state index in [1.807, 2.05) is 6.92 Å². The van der Waals surface area contributed by atoms with E-state index in [-0.39, 0.29) is 149 Å². The molecule has 0 saturated carbocycles. The Labute approximate surface area is 615 Å². The molecule has 0 unspecified atom stereocenters. The number of aliphatic carboxylic acids is 4. The summed E-state index contributed by atoms with van der Waals surface area (Å²) in [6, 6.07) is -5.75. The number of amides is 12. The molecule has 105 heavy (non-hydrogen) atoms. The Morgan fingerprint density at radius 2 is 1.11 bits per heavy atom. The molecule has 0 bridgehead atoms. The van der Waals surface area contributed by atoms with Crippen molar-refractivity contribution in [3.05, 3.63) is 35.9 Å². The van der Waals surface area contributed by atoms with Crippen LogP contribution in [-0.4, -0.2) is 320 Å². The zero-order chi connectivity index (χ0) is 77.3. The number of benzene rings is 1. The van der Waals surface area contributed by atoms with Gasteiger partial charge in [-0.15, -0.1) is 0 Å². The summed E-state index contributed by atoms with van der Waals surface area (Å²) in [6.45, 7) is 3.37. The second-order valence-electron chi connectivity index (χ2n) is 26.4. The number of rotatable bonds is 31. The minimum Gasteiger partial charge on any atom is -0.481 e. The highest BCUT2D eigenvalue weighted by molar-refractivity contribution is 8.76. The smallest absolute Gasteiger partial charge is 0.317 e. The number of carboxylic acids is 4. The zero-order valence-electron chi connectivity index (χ0n) is 59.2. The molecule has 12 amide bonds. The zero-order valence-corrected chi connectivity index (χ0v) is 60.8. The predicted octanol–water partition coefficient (Wildman–Crippen LogP) is -5.05. The molecule has 10 atom stereocenters. The number of unbranched alkanes of at least 4 members (excludes halogenated alkanes) is 3. The van der Waals surface area contributed by atoms with Crippen LogP contribution in [0.2, 0.25) is 0 Å². The van der Waals surface area contributed by atoms with E-state index < -0.39 is 180 Å². The molecule has 584 valence electrons. The van der Waals surface area contributed by atoms with Gasteiger partial charge in [0.25, 0.3) is 0 Å². The van der Waals surface area contributed by atoms with Crippen molar-refractivity contribution in [2.24, 2.45) is 11.5 Å². The average molecular weight is 1520 g/mol. The number of carbonyl (C=O) groups excluding carboxylic acids is 12. The third-order valence-corrected chi connectivity index (χ3v) is 20.5. The summed E-state index contributed by atoms with van der Waals surface area (Å²) >= 11 is 0. The standard InChI is InChI=1S/C66H102N16O21S2/c1-3-4-6-18-51(85)70-47-39-105-104-38-46(62(99)74-45(33-53(87)88)61(98)71-42(58(68)95)15-9-10-21-69-52(86)34-77-24-26-78(35-54(89)90)28-30-80(37-56(93)94)31-29-79(27-25-77)36-55(91)92)75-60(97)44(32-41-13-7-5-8-14-41)73-59(96)43(19-20-50(67)84)72-64(101)57(40(2)83)76-63(100)48-16-11-22-81(48)66(103)49-17-12-23-82(49)65(47)102/h5,7-8,13-14,40,42-49,57,83H,3-4,6,9-12,15-39H2,1-2H3,(H2,67,84)(H2,68,95)(H,69,86)(H,70,85)(H,71,98)(H,72,101)(H,73,96)(H,74,99)(H,75,97)(H,76,100)(H,87,88)(H,89,90)(H,91,92)(H,93,94)/t40-,42+,43+,44+,45+,46+,47+,48+,49+,57+/m1/s1. The number of hydrogen-bond donors (Lipinski definition) is 15. The molecule has 17 N–H and O–H groups in total. The van der Waals surface area contributed by atoms with E-state index in [0.717, 1.165) is 28.0 Å². The lowest BCUT2D eigenvalue weighted by Crippen LogP contribution is -2.62. The van der Waals surface area contributed by atoms with Crippen LogP contribution in [0.25, 0.3) is 0 Å². The van der Waals surface area contributed by atoms with Gasteiger partial charge in [0.05, 0.1) is 38.7 Å². The number of nitrogens with zero attached hydrogens (tertiary/aromatic N) is 6. The van der Waals surface area contributed by atoms with Crippen LogP contribution in [-0.2, 0) is 83.1 Å². The Kier molecular flexibility index (Phi) is 37.2. The van der Waals surface area contributed by atoms with Crippen molar-refractivity contribution in [1.29, 1.82) is 0 Å². The lowest BCUT2D eigenvalue weighted by atomic mass is 10.0. The molecule has 0 radical (unpaired) electrons. The molecule has 4 heterocycles. The summed E-state index contributed by atoms with van der Waals surface area (Å²) in [5.41, 5.74) is 11.7. The molecule has 39 heteroatoms. The number of carbonyl (C=O) groups is 16. The van der Waals surface area contributed by atoms with Gasteiger partial charge in [0.1, 0.15) is 54.4 Å². The van der Waals surface area contributed by atoms with Crippen molar-refractivity contribution in [3.8, 4) is 0 Å². The molecular weight excluding hydrogens is 1420 g/mol. The van der Waals surface area contributed by atoms with E-state index in [2.05, 4.69) is 42.5 Å². The summed E-state index contributed by atoms with van der Waals surface area (Å²) in [7, 11) is 1.86. The third-order valence-electron chi connectivity index (χ3n) is 18.1. The van der Waals surface area contributed by atoms with Crippen LogP contribution in [0.5, 0.6) is 0 Å². The fourth-order valence-electron chi connectivity index (χ4n) is 12.4. The number of fused-ring (bicyclic) bond motifs is 2. The fourth-order valence-corrected chi connectivity index (χ4v) is 14.7. The quantitative estimate of drug-likeness (QED) is 0.0244. The maximum absolute atomic E-state index is 14.9. The first kappa shape index (κ1) is 86.9. The van der Waals surface area contributed by atoms with E-state index >= 15 is 0 Å². The molecule has 5 rings (SSSR count). The lowest BCUT2D eigenvalue weighted by molar-refractivity contribution is -0.148. The number of aliphatic hydroxyl groups is 1. The second kappa shape index (κ2) is 44.9.